The first-order valence-corrected chi connectivity index (χ1v) is 5.14. The van der Waals surface area contributed by atoms with Crippen molar-refractivity contribution in [2.75, 3.05) is 5.32 Å². The van der Waals surface area contributed by atoms with Gasteiger partial charge in [-0.25, -0.2) is 0 Å². The van der Waals surface area contributed by atoms with Crippen LogP contribution in [0.2, 0.25) is 0 Å². The van der Waals surface area contributed by atoms with E-state index in [0.717, 1.165) is 16.8 Å². The van der Waals surface area contributed by atoms with Gasteiger partial charge in [0.25, 0.3) is 0 Å². The van der Waals surface area contributed by atoms with Crippen LogP contribution < -0.4 is 11.1 Å². The van der Waals surface area contributed by atoms with E-state index in [1.807, 2.05) is 39.0 Å². The molecule has 3 N–H and O–H groups in total. The molecule has 1 atom stereocenters. The van der Waals surface area contributed by atoms with Crippen molar-refractivity contribution in [1.29, 1.82) is 0 Å². The number of hydrogen-bond donors (Lipinski definition) is 2. The Labute approximate surface area is 89.7 Å². The zero-order valence-electron chi connectivity index (χ0n) is 9.29. The van der Waals surface area contributed by atoms with Gasteiger partial charge in [0.2, 0.25) is 5.91 Å². The normalized spacial score (nSPS) is 19.6. The molecule has 15 heavy (non-hydrogen) atoms. The standard InChI is InChI=1S/C12H16N2O/c1-7(13)8-4-5-10-9(6-8)12(2,3)11(15)14-10/h4-7H,13H2,1-3H3,(H,14,15)/t7-/m1/s1. The van der Waals surface area contributed by atoms with E-state index in [1.54, 1.807) is 0 Å². The second kappa shape index (κ2) is 3.07. The molecule has 1 aromatic rings. The number of hydrogen-bond acceptors (Lipinski definition) is 2. The zero-order chi connectivity index (χ0) is 11.2. The molecule has 0 spiro atoms. The highest BCUT2D eigenvalue weighted by atomic mass is 16.2. The van der Waals surface area contributed by atoms with Gasteiger partial charge in [-0.3, -0.25) is 4.79 Å². The largest absolute Gasteiger partial charge is 0.325 e. The quantitative estimate of drug-likeness (QED) is 0.734. The predicted molar refractivity (Wildman–Crippen MR) is 60.7 cm³/mol. The molecule has 1 heterocycles. The van der Waals surface area contributed by atoms with Crippen LogP contribution in [0.4, 0.5) is 5.69 Å². The van der Waals surface area contributed by atoms with Crippen LogP contribution in [0.15, 0.2) is 18.2 Å². The molecule has 1 aliphatic heterocycles. The molecule has 0 radical (unpaired) electrons. The highest BCUT2D eigenvalue weighted by Gasteiger charge is 2.38. The Morgan fingerprint density at radius 2 is 2.07 bits per heavy atom. The highest BCUT2D eigenvalue weighted by molar-refractivity contribution is 6.05. The van der Waals surface area contributed by atoms with Gasteiger partial charge >= 0.3 is 0 Å². The van der Waals surface area contributed by atoms with Crippen molar-refractivity contribution in [3.63, 3.8) is 0 Å². The van der Waals surface area contributed by atoms with Crippen LogP contribution in [0.25, 0.3) is 0 Å². The van der Waals surface area contributed by atoms with Crippen molar-refractivity contribution < 1.29 is 4.79 Å². The second-order valence-electron chi connectivity index (χ2n) is 4.67. The molecule has 2 rings (SSSR count). The fourth-order valence-corrected chi connectivity index (χ4v) is 1.87. The van der Waals surface area contributed by atoms with Crippen molar-refractivity contribution in [1.82, 2.24) is 0 Å². The van der Waals surface area contributed by atoms with Crippen molar-refractivity contribution in [2.45, 2.75) is 32.2 Å². The molecule has 0 unspecified atom stereocenters. The summed E-state index contributed by atoms with van der Waals surface area (Å²) in [6.45, 7) is 5.80. The van der Waals surface area contributed by atoms with E-state index in [-0.39, 0.29) is 11.9 Å². The van der Waals surface area contributed by atoms with Crippen LogP contribution >= 0.6 is 0 Å². The van der Waals surface area contributed by atoms with E-state index >= 15 is 0 Å². The van der Waals surface area contributed by atoms with Gasteiger partial charge in [-0.2, -0.15) is 0 Å². The molecule has 0 bridgehead atoms. The molecule has 0 saturated heterocycles. The first-order valence-electron chi connectivity index (χ1n) is 5.14. The van der Waals surface area contributed by atoms with Gasteiger partial charge in [-0.15, -0.1) is 0 Å². The summed E-state index contributed by atoms with van der Waals surface area (Å²) in [6.07, 6.45) is 0. The number of fused-ring (bicyclic) bond motifs is 1. The molecule has 1 aliphatic rings. The smallest absolute Gasteiger partial charge is 0.234 e. The van der Waals surface area contributed by atoms with Gasteiger partial charge < -0.3 is 11.1 Å². The van der Waals surface area contributed by atoms with E-state index in [2.05, 4.69) is 5.32 Å². The summed E-state index contributed by atoms with van der Waals surface area (Å²) in [7, 11) is 0. The summed E-state index contributed by atoms with van der Waals surface area (Å²) < 4.78 is 0. The van der Waals surface area contributed by atoms with Gasteiger partial charge in [0.1, 0.15) is 0 Å². The van der Waals surface area contributed by atoms with Crippen LogP contribution in [-0.2, 0) is 10.2 Å². The minimum absolute atomic E-state index is 0.00167. The van der Waals surface area contributed by atoms with E-state index < -0.39 is 5.41 Å². The van der Waals surface area contributed by atoms with Crippen LogP contribution in [0.3, 0.4) is 0 Å². The van der Waals surface area contributed by atoms with Gasteiger partial charge in [0.05, 0.1) is 5.41 Å². The predicted octanol–water partition coefficient (Wildman–Crippen LogP) is 1.94. The third kappa shape index (κ3) is 1.43. The summed E-state index contributed by atoms with van der Waals surface area (Å²) in [5, 5.41) is 2.87. The lowest BCUT2D eigenvalue weighted by molar-refractivity contribution is -0.119. The van der Waals surface area contributed by atoms with Crippen LogP contribution in [0.5, 0.6) is 0 Å². The number of carbonyl (C=O) groups is 1. The Bertz CT molecular complexity index is 422. The molecular formula is C12H16N2O. The lowest BCUT2D eigenvalue weighted by Gasteiger charge is -2.16. The number of amides is 1. The maximum Gasteiger partial charge on any atom is 0.234 e. The number of nitrogens with one attached hydrogen (secondary N) is 1. The first kappa shape index (κ1) is 10.2. The lowest BCUT2D eigenvalue weighted by Crippen LogP contribution is -2.27. The van der Waals surface area contributed by atoms with Crippen LogP contribution in [0.1, 0.15) is 37.9 Å². The lowest BCUT2D eigenvalue weighted by atomic mass is 9.85. The maximum absolute atomic E-state index is 11.7. The Kier molecular flexibility index (Phi) is 2.08. The molecule has 80 valence electrons. The summed E-state index contributed by atoms with van der Waals surface area (Å²) in [4.78, 5) is 11.7. The van der Waals surface area contributed by atoms with E-state index in [1.165, 1.54) is 0 Å². The summed E-state index contributed by atoms with van der Waals surface area (Å²) in [5.41, 5.74) is 8.40. The van der Waals surface area contributed by atoms with Crippen LogP contribution in [-0.4, -0.2) is 5.91 Å². The monoisotopic (exact) mass is 204 g/mol. The number of benzene rings is 1. The van der Waals surface area contributed by atoms with E-state index in [9.17, 15) is 4.79 Å². The van der Waals surface area contributed by atoms with Crippen molar-refractivity contribution in [3.05, 3.63) is 29.3 Å². The van der Waals surface area contributed by atoms with Crippen molar-refractivity contribution >= 4 is 11.6 Å². The van der Waals surface area contributed by atoms with Crippen LogP contribution in [0, 0.1) is 0 Å². The minimum Gasteiger partial charge on any atom is -0.325 e. The van der Waals surface area contributed by atoms with Gasteiger partial charge in [-0.05, 0) is 38.0 Å². The van der Waals surface area contributed by atoms with Crippen molar-refractivity contribution in [2.24, 2.45) is 5.73 Å². The molecule has 3 heteroatoms. The third-order valence-electron chi connectivity index (χ3n) is 3.06. The molecule has 3 nitrogen and oxygen atoms in total. The van der Waals surface area contributed by atoms with Gasteiger partial charge in [0, 0.05) is 11.7 Å². The molecular weight excluding hydrogens is 188 g/mol. The molecule has 0 aliphatic carbocycles. The molecule has 1 aromatic carbocycles. The van der Waals surface area contributed by atoms with E-state index in [0.29, 0.717) is 0 Å². The van der Waals surface area contributed by atoms with Crippen molar-refractivity contribution in [3.8, 4) is 0 Å². The number of nitrogens with two attached hydrogens (primary N) is 1. The highest BCUT2D eigenvalue weighted by Crippen LogP contribution is 2.38. The fourth-order valence-electron chi connectivity index (χ4n) is 1.87. The Morgan fingerprint density at radius 3 is 2.67 bits per heavy atom. The molecule has 0 fully saturated rings. The Morgan fingerprint density at radius 1 is 1.40 bits per heavy atom. The topological polar surface area (TPSA) is 55.1 Å². The third-order valence-corrected chi connectivity index (χ3v) is 3.06. The molecule has 1 amide bonds. The molecule has 0 saturated carbocycles. The Hall–Kier alpha value is -1.35. The maximum atomic E-state index is 11.7. The van der Waals surface area contributed by atoms with E-state index in [4.69, 9.17) is 5.73 Å². The first-order chi connectivity index (χ1) is 6.93. The second-order valence-corrected chi connectivity index (χ2v) is 4.67. The average molecular weight is 204 g/mol. The van der Waals surface area contributed by atoms with Gasteiger partial charge in [-0.1, -0.05) is 12.1 Å². The van der Waals surface area contributed by atoms with Gasteiger partial charge in [0.15, 0.2) is 0 Å². The summed E-state index contributed by atoms with van der Waals surface area (Å²) in [5.74, 6) is 0.0549. The number of anilines is 1. The minimum atomic E-state index is -0.444. The Balaban J connectivity index is 2.55. The SMILES string of the molecule is C[C@@H](N)c1ccc2c(c1)C(C)(C)C(=O)N2. The number of rotatable bonds is 1. The summed E-state index contributed by atoms with van der Waals surface area (Å²) in [6, 6.07) is 5.92. The number of carbonyl (C=O) groups excluding carboxylic acids is 1. The average Bonchev–Trinajstić information content (AvgIpc) is 2.38. The fraction of sp³-hybridized carbons (Fsp3) is 0.417. The summed E-state index contributed by atoms with van der Waals surface area (Å²) >= 11 is 0. The zero-order valence-corrected chi connectivity index (χ0v) is 9.29. The molecule has 0 aromatic heterocycles.